The molecule has 0 saturated heterocycles. The van der Waals surface area contributed by atoms with Crippen molar-refractivity contribution in [3.8, 4) is 5.75 Å². The number of carbonyl (C=O) groups excluding carboxylic acids is 1. The fraction of sp³-hybridized carbons (Fsp3) is 0.235. The van der Waals surface area contributed by atoms with Crippen LogP contribution in [0.3, 0.4) is 0 Å². The van der Waals surface area contributed by atoms with Crippen LogP contribution in [0.4, 0.5) is 0 Å². The van der Waals surface area contributed by atoms with Gasteiger partial charge in [-0.05, 0) is 48.7 Å². The first-order valence-electron chi connectivity index (χ1n) is 6.53. The average molecular weight is 252 g/mol. The topological polar surface area (TPSA) is 26.3 Å². The Hall–Kier alpha value is -2.09. The van der Waals surface area contributed by atoms with E-state index in [0.29, 0.717) is 0 Å². The van der Waals surface area contributed by atoms with Crippen molar-refractivity contribution in [2.45, 2.75) is 20.3 Å². The van der Waals surface area contributed by atoms with Gasteiger partial charge in [-0.25, -0.2) is 0 Å². The Morgan fingerprint density at radius 1 is 1.16 bits per heavy atom. The van der Waals surface area contributed by atoms with Crippen molar-refractivity contribution in [2.75, 3.05) is 6.61 Å². The predicted molar refractivity (Wildman–Crippen MR) is 75.0 cm³/mol. The molecule has 0 aromatic heterocycles. The molecule has 0 aliphatic carbocycles. The summed E-state index contributed by atoms with van der Waals surface area (Å²) in [7, 11) is 0. The molecule has 1 aliphatic rings. The largest absolute Gasteiger partial charge is 0.493 e. The first-order valence-corrected chi connectivity index (χ1v) is 6.53. The summed E-state index contributed by atoms with van der Waals surface area (Å²) in [5.74, 6) is 1.01. The lowest BCUT2D eigenvalue weighted by atomic mass is 9.95. The van der Waals surface area contributed by atoms with Crippen LogP contribution in [0.5, 0.6) is 5.75 Å². The quantitative estimate of drug-likeness (QED) is 0.765. The SMILES string of the molecule is Cc1cccc(C(=O)c2ccc3c(c2)CCO3)c1C. The molecular weight excluding hydrogens is 236 g/mol. The van der Waals surface area contributed by atoms with Gasteiger partial charge in [0.15, 0.2) is 5.78 Å². The van der Waals surface area contributed by atoms with E-state index >= 15 is 0 Å². The molecule has 2 aromatic rings. The van der Waals surface area contributed by atoms with Crippen LogP contribution in [-0.4, -0.2) is 12.4 Å². The average Bonchev–Trinajstić information content (AvgIpc) is 2.88. The van der Waals surface area contributed by atoms with E-state index in [1.165, 1.54) is 0 Å². The van der Waals surface area contributed by atoms with Gasteiger partial charge in [-0.15, -0.1) is 0 Å². The first kappa shape index (κ1) is 12.0. The van der Waals surface area contributed by atoms with Crippen molar-refractivity contribution in [2.24, 2.45) is 0 Å². The van der Waals surface area contributed by atoms with Gasteiger partial charge in [0.2, 0.25) is 0 Å². The number of rotatable bonds is 2. The molecular formula is C17H16O2. The van der Waals surface area contributed by atoms with Gasteiger partial charge in [0, 0.05) is 17.5 Å². The Labute approximate surface area is 113 Å². The van der Waals surface area contributed by atoms with Crippen LogP contribution in [-0.2, 0) is 6.42 Å². The summed E-state index contributed by atoms with van der Waals surface area (Å²) < 4.78 is 5.47. The normalized spacial score (nSPS) is 12.9. The van der Waals surface area contributed by atoms with Crippen molar-refractivity contribution >= 4 is 5.78 Å². The zero-order valence-corrected chi connectivity index (χ0v) is 11.2. The number of fused-ring (bicyclic) bond motifs is 1. The van der Waals surface area contributed by atoms with Gasteiger partial charge in [-0.2, -0.15) is 0 Å². The summed E-state index contributed by atoms with van der Waals surface area (Å²) in [5.41, 5.74) is 4.88. The summed E-state index contributed by atoms with van der Waals surface area (Å²) >= 11 is 0. The highest BCUT2D eigenvalue weighted by atomic mass is 16.5. The maximum absolute atomic E-state index is 12.6. The number of ketones is 1. The minimum atomic E-state index is 0.0934. The molecule has 0 spiro atoms. The highest BCUT2D eigenvalue weighted by Crippen LogP contribution is 2.27. The van der Waals surface area contributed by atoms with Crippen LogP contribution >= 0.6 is 0 Å². The number of carbonyl (C=O) groups is 1. The minimum absolute atomic E-state index is 0.0934. The van der Waals surface area contributed by atoms with Crippen molar-refractivity contribution in [1.29, 1.82) is 0 Å². The fourth-order valence-corrected chi connectivity index (χ4v) is 2.48. The Morgan fingerprint density at radius 3 is 2.84 bits per heavy atom. The molecule has 0 saturated carbocycles. The van der Waals surface area contributed by atoms with Crippen LogP contribution < -0.4 is 4.74 Å². The molecule has 0 bridgehead atoms. The molecule has 19 heavy (non-hydrogen) atoms. The molecule has 1 heterocycles. The lowest BCUT2D eigenvalue weighted by Gasteiger charge is -2.08. The summed E-state index contributed by atoms with van der Waals surface area (Å²) in [6.45, 7) is 4.75. The molecule has 1 aliphatic heterocycles. The van der Waals surface area contributed by atoms with Gasteiger partial charge in [0.1, 0.15) is 5.75 Å². The summed E-state index contributed by atoms with van der Waals surface area (Å²) in [4.78, 5) is 12.6. The Bertz CT molecular complexity index is 656. The van der Waals surface area contributed by atoms with E-state index in [0.717, 1.165) is 46.6 Å². The molecule has 0 fully saturated rings. The van der Waals surface area contributed by atoms with E-state index in [2.05, 4.69) is 0 Å². The van der Waals surface area contributed by atoms with Gasteiger partial charge in [0.25, 0.3) is 0 Å². The van der Waals surface area contributed by atoms with Crippen LogP contribution in [0.2, 0.25) is 0 Å². The minimum Gasteiger partial charge on any atom is -0.493 e. The van der Waals surface area contributed by atoms with Gasteiger partial charge in [0.05, 0.1) is 6.61 Å². The molecule has 2 heteroatoms. The molecule has 0 atom stereocenters. The lowest BCUT2D eigenvalue weighted by Crippen LogP contribution is -2.05. The zero-order chi connectivity index (χ0) is 13.4. The van der Waals surface area contributed by atoms with Gasteiger partial charge in [-0.1, -0.05) is 18.2 Å². The van der Waals surface area contributed by atoms with E-state index in [4.69, 9.17) is 4.74 Å². The Balaban J connectivity index is 2.02. The van der Waals surface area contributed by atoms with Crippen molar-refractivity contribution in [1.82, 2.24) is 0 Å². The second-order valence-electron chi connectivity index (χ2n) is 5.00. The van der Waals surface area contributed by atoms with E-state index in [9.17, 15) is 4.79 Å². The van der Waals surface area contributed by atoms with Gasteiger partial charge < -0.3 is 4.74 Å². The summed E-state index contributed by atoms with van der Waals surface area (Å²) in [6.07, 6.45) is 0.892. The van der Waals surface area contributed by atoms with Crippen LogP contribution in [0, 0.1) is 13.8 Å². The molecule has 0 amide bonds. The maximum Gasteiger partial charge on any atom is 0.193 e. The highest BCUT2D eigenvalue weighted by Gasteiger charge is 2.17. The van der Waals surface area contributed by atoms with E-state index in [1.807, 2.05) is 50.2 Å². The number of hydrogen-bond donors (Lipinski definition) is 0. The number of hydrogen-bond acceptors (Lipinski definition) is 2. The van der Waals surface area contributed by atoms with Crippen molar-refractivity contribution < 1.29 is 9.53 Å². The second kappa shape index (κ2) is 4.54. The monoisotopic (exact) mass is 252 g/mol. The third-order valence-electron chi connectivity index (χ3n) is 3.80. The predicted octanol–water partition coefficient (Wildman–Crippen LogP) is 3.47. The van der Waals surface area contributed by atoms with E-state index in [-0.39, 0.29) is 5.78 Å². The molecule has 96 valence electrons. The molecule has 0 radical (unpaired) electrons. The summed E-state index contributed by atoms with van der Waals surface area (Å²) in [5, 5.41) is 0. The van der Waals surface area contributed by atoms with Crippen LogP contribution in [0.1, 0.15) is 32.6 Å². The standard InChI is InChI=1S/C17H16O2/c1-11-4-3-5-15(12(11)2)17(18)14-6-7-16-13(10-14)8-9-19-16/h3-7,10H,8-9H2,1-2H3. The first-order chi connectivity index (χ1) is 9.16. The number of benzene rings is 2. The number of aryl methyl sites for hydroxylation is 1. The molecule has 2 aromatic carbocycles. The fourth-order valence-electron chi connectivity index (χ4n) is 2.48. The molecule has 0 unspecified atom stereocenters. The maximum atomic E-state index is 12.6. The van der Waals surface area contributed by atoms with E-state index in [1.54, 1.807) is 0 Å². The van der Waals surface area contributed by atoms with E-state index < -0.39 is 0 Å². The van der Waals surface area contributed by atoms with Gasteiger partial charge >= 0.3 is 0 Å². The zero-order valence-electron chi connectivity index (χ0n) is 11.2. The lowest BCUT2D eigenvalue weighted by molar-refractivity contribution is 0.103. The van der Waals surface area contributed by atoms with Crippen LogP contribution in [0.25, 0.3) is 0 Å². The Morgan fingerprint density at radius 2 is 2.00 bits per heavy atom. The van der Waals surface area contributed by atoms with Gasteiger partial charge in [-0.3, -0.25) is 4.79 Å². The van der Waals surface area contributed by atoms with Crippen LogP contribution in [0.15, 0.2) is 36.4 Å². The molecule has 3 rings (SSSR count). The van der Waals surface area contributed by atoms with Crippen molar-refractivity contribution in [3.63, 3.8) is 0 Å². The molecule has 0 N–H and O–H groups in total. The smallest absolute Gasteiger partial charge is 0.193 e. The second-order valence-corrected chi connectivity index (χ2v) is 5.00. The summed E-state index contributed by atoms with van der Waals surface area (Å²) in [6, 6.07) is 11.6. The highest BCUT2D eigenvalue weighted by molar-refractivity contribution is 6.10. The third kappa shape index (κ3) is 2.03. The molecule has 2 nitrogen and oxygen atoms in total. The third-order valence-corrected chi connectivity index (χ3v) is 3.80. The number of ether oxygens (including phenoxy) is 1. The Kier molecular flexibility index (Phi) is 2.86. The van der Waals surface area contributed by atoms with Crippen molar-refractivity contribution in [3.05, 3.63) is 64.2 Å².